The van der Waals surface area contributed by atoms with Crippen LogP contribution in [0.4, 0.5) is 0 Å². The van der Waals surface area contributed by atoms with E-state index >= 15 is 0 Å². The van der Waals surface area contributed by atoms with Gasteiger partial charge in [-0.1, -0.05) is 236 Å². The molecule has 0 aromatic rings. The standard InChI is InChI=1S/C58H107NO5/c1-3-5-7-9-11-13-15-17-23-27-30-34-38-42-46-50-56(61)55(54-60)59-57(62)51-47-43-39-35-31-28-24-21-19-18-20-22-25-29-33-37-41-45-49-53-64-58(63)52-48-44-40-36-32-26-16-14-12-10-8-6-4-2/h8,10,14,16,22,25,29,33,55-56,60-61H,3-7,9,11-13,15,17-21,23-24,26-28,30-32,34-54H2,1-2H3,(H,59,62)/b10-8-,16-14-,25-22-,33-29-. The highest BCUT2D eigenvalue weighted by molar-refractivity contribution is 5.76. The largest absolute Gasteiger partial charge is 0.466 e. The summed E-state index contributed by atoms with van der Waals surface area (Å²) in [7, 11) is 0. The zero-order valence-corrected chi connectivity index (χ0v) is 42.5. The molecule has 0 heterocycles. The lowest BCUT2D eigenvalue weighted by Crippen LogP contribution is -2.45. The quantitative estimate of drug-likeness (QED) is 0.0245. The van der Waals surface area contributed by atoms with Crippen molar-refractivity contribution in [2.45, 2.75) is 296 Å². The summed E-state index contributed by atoms with van der Waals surface area (Å²) in [6.45, 7) is 4.84. The third-order valence-electron chi connectivity index (χ3n) is 12.6. The second kappa shape index (κ2) is 53.4. The van der Waals surface area contributed by atoms with Gasteiger partial charge >= 0.3 is 5.97 Å². The molecule has 6 heteroatoms. The molecule has 2 atom stereocenters. The van der Waals surface area contributed by atoms with E-state index in [4.69, 9.17) is 4.74 Å². The molecule has 0 spiro atoms. The SMILES string of the molecule is CCC/C=C\C/C=C\CCCCCCCC(=O)OCCCCC/C=C\C=C/CCCCCCCCCCCCC(=O)NC(CO)C(O)CCCCCCCCCCCCCCCCC. The molecule has 0 fully saturated rings. The number of carbonyl (C=O) groups excluding carboxylic acids is 2. The van der Waals surface area contributed by atoms with Crippen molar-refractivity contribution in [3.05, 3.63) is 48.6 Å². The molecule has 0 rings (SSSR count). The second-order valence-corrected chi connectivity index (χ2v) is 18.9. The van der Waals surface area contributed by atoms with Crippen LogP contribution in [-0.4, -0.2) is 47.4 Å². The highest BCUT2D eigenvalue weighted by Crippen LogP contribution is 2.16. The Bertz CT molecular complexity index is 1080. The molecule has 1 amide bonds. The molecule has 2 unspecified atom stereocenters. The Morgan fingerprint density at radius 2 is 0.859 bits per heavy atom. The average molecular weight is 898 g/mol. The number of allylic oxidation sites excluding steroid dienone is 8. The number of carbonyl (C=O) groups is 2. The first-order valence-electron chi connectivity index (χ1n) is 27.9. The second-order valence-electron chi connectivity index (χ2n) is 18.9. The predicted molar refractivity (Wildman–Crippen MR) is 278 cm³/mol. The van der Waals surface area contributed by atoms with E-state index in [0.717, 1.165) is 83.5 Å². The van der Waals surface area contributed by atoms with E-state index in [-0.39, 0.29) is 18.5 Å². The number of ether oxygens (including phenoxy) is 1. The number of aliphatic hydroxyl groups excluding tert-OH is 2. The molecule has 3 N–H and O–H groups in total. The van der Waals surface area contributed by atoms with Crippen LogP contribution in [0.2, 0.25) is 0 Å². The number of amides is 1. The molecule has 0 aliphatic carbocycles. The topological polar surface area (TPSA) is 95.9 Å². The minimum Gasteiger partial charge on any atom is -0.466 e. The molecule has 0 saturated heterocycles. The molecule has 0 saturated carbocycles. The van der Waals surface area contributed by atoms with Crippen molar-refractivity contribution < 1.29 is 24.5 Å². The lowest BCUT2D eigenvalue weighted by molar-refractivity contribution is -0.143. The van der Waals surface area contributed by atoms with Gasteiger partial charge in [-0.3, -0.25) is 9.59 Å². The molecule has 0 aromatic carbocycles. The smallest absolute Gasteiger partial charge is 0.305 e. The fourth-order valence-corrected chi connectivity index (χ4v) is 8.31. The molecule has 0 aliphatic heterocycles. The fraction of sp³-hybridized carbons (Fsp3) is 0.828. The predicted octanol–water partition coefficient (Wildman–Crippen LogP) is 17.0. The van der Waals surface area contributed by atoms with E-state index in [2.05, 4.69) is 67.8 Å². The van der Waals surface area contributed by atoms with Crippen LogP contribution >= 0.6 is 0 Å². The molecule has 0 aliphatic rings. The van der Waals surface area contributed by atoms with Crippen LogP contribution in [0.1, 0.15) is 284 Å². The first-order valence-corrected chi connectivity index (χ1v) is 27.9. The summed E-state index contributed by atoms with van der Waals surface area (Å²) in [4.78, 5) is 24.5. The third-order valence-corrected chi connectivity index (χ3v) is 12.6. The van der Waals surface area contributed by atoms with Crippen molar-refractivity contribution in [3.8, 4) is 0 Å². The van der Waals surface area contributed by atoms with E-state index < -0.39 is 12.1 Å². The number of hydrogen-bond donors (Lipinski definition) is 3. The Morgan fingerprint density at radius 1 is 0.453 bits per heavy atom. The molecular weight excluding hydrogens is 791 g/mol. The van der Waals surface area contributed by atoms with Gasteiger partial charge in [0.05, 0.1) is 25.4 Å². The highest BCUT2D eigenvalue weighted by atomic mass is 16.5. The number of esters is 1. The molecule has 374 valence electrons. The van der Waals surface area contributed by atoms with E-state index in [1.807, 2.05) is 0 Å². The number of rotatable bonds is 51. The minimum atomic E-state index is -0.672. The van der Waals surface area contributed by atoms with Crippen molar-refractivity contribution in [2.24, 2.45) is 0 Å². The van der Waals surface area contributed by atoms with Gasteiger partial charge in [0, 0.05) is 12.8 Å². The van der Waals surface area contributed by atoms with E-state index in [0.29, 0.717) is 25.9 Å². The lowest BCUT2D eigenvalue weighted by Gasteiger charge is -2.22. The van der Waals surface area contributed by atoms with Crippen LogP contribution in [0.25, 0.3) is 0 Å². The van der Waals surface area contributed by atoms with Gasteiger partial charge in [0.25, 0.3) is 0 Å². The maximum atomic E-state index is 12.5. The van der Waals surface area contributed by atoms with Crippen molar-refractivity contribution in [1.82, 2.24) is 5.32 Å². The fourth-order valence-electron chi connectivity index (χ4n) is 8.31. The summed E-state index contributed by atoms with van der Waals surface area (Å²) in [5, 5.41) is 23.3. The molecule has 6 nitrogen and oxygen atoms in total. The van der Waals surface area contributed by atoms with Gasteiger partial charge < -0.3 is 20.3 Å². The number of hydrogen-bond acceptors (Lipinski definition) is 5. The number of nitrogens with one attached hydrogen (secondary N) is 1. The first-order chi connectivity index (χ1) is 31.5. The number of aliphatic hydroxyl groups is 2. The Labute approximate surface area is 397 Å². The maximum absolute atomic E-state index is 12.5. The minimum absolute atomic E-state index is 0.0292. The molecule has 0 radical (unpaired) electrons. The van der Waals surface area contributed by atoms with Crippen LogP contribution in [0, 0.1) is 0 Å². The first kappa shape index (κ1) is 61.8. The Hall–Kier alpha value is -2.18. The van der Waals surface area contributed by atoms with Gasteiger partial charge in [0.1, 0.15) is 0 Å². The van der Waals surface area contributed by atoms with Crippen molar-refractivity contribution in [2.75, 3.05) is 13.2 Å². The van der Waals surface area contributed by atoms with Crippen molar-refractivity contribution in [1.29, 1.82) is 0 Å². The van der Waals surface area contributed by atoms with Gasteiger partial charge in [-0.25, -0.2) is 0 Å². The van der Waals surface area contributed by atoms with Gasteiger partial charge in [0.15, 0.2) is 0 Å². The summed E-state index contributed by atoms with van der Waals surface area (Å²) >= 11 is 0. The Kier molecular flexibility index (Phi) is 51.6. The zero-order chi connectivity index (χ0) is 46.5. The summed E-state index contributed by atoms with van der Waals surface area (Å²) in [5.74, 6) is -0.0745. The van der Waals surface area contributed by atoms with Crippen LogP contribution in [-0.2, 0) is 14.3 Å². The highest BCUT2D eigenvalue weighted by Gasteiger charge is 2.20. The zero-order valence-electron chi connectivity index (χ0n) is 42.5. The lowest BCUT2D eigenvalue weighted by atomic mass is 10.0. The molecular formula is C58H107NO5. The van der Waals surface area contributed by atoms with Crippen molar-refractivity contribution in [3.63, 3.8) is 0 Å². The summed E-state index contributed by atoms with van der Waals surface area (Å²) in [5.41, 5.74) is 0. The summed E-state index contributed by atoms with van der Waals surface area (Å²) < 4.78 is 5.43. The average Bonchev–Trinajstić information content (AvgIpc) is 3.29. The Balaban J connectivity index is 3.50. The van der Waals surface area contributed by atoms with Gasteiger partial charge in [0.2, 0.25) is 5.91 Å². The molecule has 64 heavy (non-hydrogen) atoms. The maximum Gasteiger partial charge on any atom is 0.305 e. The van der Waals surface area contributed by atoms with Gasteiger partial charge in [-0.15, -0.1) is 0 Å². The van der Waals surface area contributed by atoms with Crippen LogP contribution in [0.15, 0.2) is 48.6 Å². The Morgan fingerprint density at radius 3 is 1.34 bits per heavy atom. The van der Waals surface area contributed by atoms with Crippen LogP contribution in [0.3, 0.4) is 0 Å². The van der Waals surface area contributed by atoms with Crippen molar-refractivity contribution >= 4 is 11.9 Å². The van der Waals surface area contributed by atoms with Gasteiger partial charge in [-0.2, -0.15) is 0 Å². The third kappa shape index (κ3) is 49.3. The van der Waals surface area contributed by atoms with E-state index in [1.165, 1.54) is 167 Å². The molecule has 0 aromatic heterocycles. The normalized spacial score (nSPS) is 13.0. The molecule has 0 bridgehead atoms. The summed E-state index contributed by atoms with van der Waals surface area (Å²) in [6, 6.07) is -0.550. The van der Waals surface area contributed by atoms with Crippen LogP contribution in [0.5, 0.6) is 0 Å². The number of unbranched alkanes of at least 4 members (excludes halogenated alkanes) is 33. The van der Waals surface area contributed by atoms with E-state index in [9.17, 15) is 19.8 Å². The monoisotopic (exact) mass is 898 g/mol. The summed E-state index contributed by atoms with van der Waals surface area (Å²) in [6.07, 6.45) is 66.6. The van der Waals surface area contributed by atoms with E-state index in [1.54, 1.807) is 0 Å². The van der Waals surface area contributed by atoms with Crippen LogP contribution < -0.4 is 5.32 Å². The van der Waals surface area contributed by atoms with Gasteiger partial charge in [-0.05, 0) is 83.5 Å².